The van der Waals surface area contributed by atoms with E-state index in [9.17, 15) is 0 Å². The molecule has 0 atom stereocenters. The molecule has 0 amide bonds. The Kier molecular flexibility index (Phi) is 4.50. The van der Waals surface area contributed by atoms with E-state index in [2.05, 4.69) is 23.4 Å². The molecule has 3 N–H and O–H groups in total. The lowest BCUT2D eigenvalue weighted by Crippen LogP contribution is -2.10. The van der Waals surface area contributed by atoms with Gasteiger partial charge in [-0.05, 0) is 30.5 Å². The van der Waals surface area contributed by atoms with Gasteiger partial charge in [0, 0.05) is 13.6 Å². The highest BCUT2D eigenvalue weighted by molar-refractivity contribution is 5.65. The predicted octanol–water partition coefficient (Wildman–Crippen LogP) is 2.23. The van der Waals surface area contributed by atoms with Crippen LogP contribution >= 0.6 is 0 Å². The van der Waals surface area contributed by atoms with Crippen molar-refractivity contribution in [1.29, 1.82) is 0 Å². The lowest BCUT2D eigenvalue weighted by Gasteiger charge is -2.08. The number of rotatable bonds is 6. The van der Waals surface area contributed by atoms with Crippen LogP contribution in [0.5, 0.6) is 5.75 Å². The first-order valence-electron chi connectivity index (χ1n) is 6.83. The minimum absolute atomic E-state index is 0.751. The molecule has 5 nitrogen and oxygen atoms in total. The number of aromatic nitrogens is 2. The zero-order valence-electron chi connectivity index (χ0n) is 12.3. The molecule has 108 valence electrons. The van der Waals surface area contributed by atoms with Gasteiger partial charge in [-0.15, -0.1) is 0 Å². The molecule has 1 aromatic heterocycles. The molecule has 0 saturated heterocycles. The number of nitrogens with two attached hydrogens (primary N) is 1. The van der Waals surface area contributed by atoms with Crippen molar-refractivity contribution in [3.63, 3.8) is 0 Å². The Morgan fingerprint density at radius 1 is 1.40 bits per heavy atom. The van der Waals surface area contributed by atoms with E-state index in [0.29, 0.717) is 0 Å². The van der Waals surface area contributed by atoms with Crippen LogP contribution in [0.3, 0.4) is 0 Å². The van der Waals surface area contributed by atoms with Crippen LogP contribution in [0.2, 0.25) is 0 Å². The number of aryl methyl sites for hydroxylation is 2. The lowest BCUT2D eigenvalue weighted by atomic mass is 10.1. The summed E-state index contributed by atoms with van der Waals surface area (Å²) < 4.78 is 7.03. The highest BCUT2D eigenvalue weighted by Gasteiger charge is 2.10. The van der Waals surface area contributed by atoms with Crippen LogP contribution in [0.15, 0.2) is 24.3 Å². The fourth-order valence-electron chi connectivity index (χ4n) is 2.22. The fourth-order valence-corrected chi connectivity index (χ4v) is 2.22. The summed E-state index contributed by atoms with van der Waals surface area (Å²) in [6.07, 6.45) is 1.75. The molecule has 2 aromatic rings. The van der Waals surface area contributed by atoms with Crippen molar-refractivity contribution in [3.8, 4) is 5.75 Å². The van der Waals surface area contributed by atoms with Crippen molar-refractivity contribution in [2.75, 3.05) is 24.7 Å². The summed E-state index contributed by atoms with van der Waals surface area (Å²) in [7, 11) is 3.59. The molecule has 0 fully saturated rings. The zero-order valence-corrected chi connectivity index (χ0v) is 12.3. The molecule has 0 unspecified atom stereocenters. The van der Waals surface area contributed by atoms with Crippen molar-refractivity contribution >= 4 is 11.5 Å². The van der Waals surface area contributed by atoms with E-state index in [-0.39, 0.29) is 0 Å². The van der Waals surface area contributed by atoms with Gasteiger partial charge in [0.25, 0.3) is 0 Å². The third kappa shape index (κ3) is 3.04. The molecule has 0 spiro atoms. The second kappa shape index (κ2) is 6.32. The van der Waals surface area contributed by atoms with Crippen LogP contribution in [0, 0.1) is 0 Å². The van der Waals surface area contributed by atoms with Gasteiger partial charge in [-0.25, -0.2) is 0 Å². The predicted molar refractivity (Wildman–Crippen MR) is 82.2 cm³/mol. The third-order valence-corrected chi connectivity index (χ3v) is 3.34. The monoisotopic (exact) mass is 274 g/mol. The normalized spacial score (nSPS) is 10.6. The Morgan fingerprint density at radius 2 is 2.20 bits per heavy atom. The molecule has 0 aliphatic carbocycles. The number of methoxy groups -OCH3 is 1. The number of nitrogens with zero attached hydrogens (tertiary/aromatic N) is 2. The maximum Gasteiger partial charge on any atom is 0.147 e. The molecular weight excluding hydrogens is 252 g/mol. The minimum atomic E-state index is 0.751. The summed E-state index contributed by atoms with van der Waals surface area (Å²) in [4.78, 5) is 0. The quantitative estimate of drug-likeness (QED) is 0.848. The van der Waals surface area contributed by atoms with Crippen LogP contribution < -0.4 is 15.8 Å². The van der Waals surface area contributed by atoms with Crippen LogP contribution in [0.1, 0.15) is 18.2 Å². The van der Waals surface area contributed by atoms with E-state index in [1.165, 1.54) is 5.56 Å². The van der Waals surface area contributed by atoms with Gasteiger partial charge < -0.3 is 15.8 Å². The molecule has 0 aliphatic heterocycles. The van der Waals surface area contributed by atoms with E-state index in [1.807, 2.05) is 25.2 Å². The van der Waals surface area contributed by atoms with Gasteiger partial charge in [-0.2, -0.15) is 5.10 Å². The average Bonchev–Trinajstić information content (AvgIpc) is 2.74. The summed E-state index contributed by atoms with van der Waals surface area (Å²) in [6, 6.07) is 8.09. The van der Waals surface area contributed by atoms with Crippen molar-refractivity contribution in [3.05, 3.63) is 35.5 Å². The first kappa shape index (κ1) is 14.2. The first-order chi connectivity index (χ1) is 9.65. The van der Waals surface area contributed by atoms with E-state index in [1.54, 1.807) is 11.8 Å². The van der Waals surface area contributed by atoms with E-state index < -0.39 is 0 Å². The van der Waals surface area contributed by atoms with Gasteiger partial charge >= 0.3 is 0 Å². The van der Waals surface area contributed by atoms with Crippen molar-refractivity contribution < 1.29 is 4.74 Å². The van der Waals surface area contributed by atoms with Gasteiger partial charge in [-0.3, -0.25) is 4.68 Å². The highest BCUT2D eigenvalue weighted by atomic mass is 16.5. The molecule has 5 heteroatoms. The molecule has 0 saturated carbocycles. The van der Waals surface area contributed by atoms with Gasteiger partial charge in [0.15, 0.2) is 0 Å². The molecule has 1 aromatic carbocycles. The largest absolute Gasteiger partial charge is 0.497 e. The van der Waals surface area contributed by atoms with Crippen molar-refractivity contribution in [2.45, 2.75) is 19.8 Å². The molecule has 1 heterocycles. The molecule has 2 rings (SSSR count). The number of nitrogens with one attached hydrogen (secondary N) is 1. The zero-order chi connectivity index (χ0) is 14.5. The minimum Gasteiger partial charge on any atom is -0.497 e. The van der Waals surface area contributed by atoms with Crippen LogP contribution in [0.4, 0.5) is 11.5 Å². The van der Waals surface area contributed by atoms with Crippen LogP contribution in [-0.4, -0.2) is 23.4 Å². The van der Waals surface area contributed by atoms with Crippen LogP contribution in [0.25, 0.3) is 0 Å². The SMILES string of the molecule is CCc1nn(C)c(NCCc2cccc(OC)c2)c1N. The van der Waals surface area contributed by atoms with Crippen molar-refractivity contribution in [1.82, 2.24) is 9.78 Å². The second-order valence-electron chi connectivity index (χ2n) is 4.71. The van der Waals surface area contributed by atoms with Crippen molar-refractivity contribution in [2.24, 2.45) is 7.05 Å². The fraction of sp³-hybridized carbons (Fsp3) is 0.400. The van der Waals surface area contributed by atoms with Gasteiger partial charge in [0.1, 0.15) is 11.6 Å². The summed E-state index contributed by atoms with van der Waals surface area (Å²) >= 11 is 0. The topological polar surface area (TPSA) is 65.1 Å². The highest BCUT2D eigenvalue weighted by Crippen LogP contribution is 2.22. The number of hydrogen-bond acceptors (Lipinski definition) is 4. The number of nitrogen functional groups attached to an aromatic ring is 1. The number of anilines is 2. The Labute approximate surface area is 119 Å². The summed E-state index contributed by atoms with van der Waals surface area (Å²) in [5, 5.41) is 7.75. The van der Waals surface area contributed by atoms with Crippen LogP contribution in [-0.2, 0) is 19.9 Å². The number of ether oxygens (including phenoxy) is 1. The Hall–Kier alpha value is -2.17. The van der Waals surface area contributed by atoms with E-state index >= 15 is 0 Å². The maximum absolute atomic E-state index is 6.07. The smallest absolute Gasteiger partial charge is 0.147 e. The summed E-state index contributed by atoms with van der Waals surface area (Å²) in [6.45, 7) is 2.86. The molecular formula is C15H22N4O. The second-order valence-corrected chi connectivity index (χ2v) is 4.71. The number of benzene rings is 1. The van der Waals surface area contributed by atoms with Gasteiger partial charge in [-0.1, -0.05) is 19.1 Å². The molecule has 0 radical (unpaired) electrons. The van der Waals surface area contributed by atoms with Gasteiger partial charge in [0.05, 0.1) is 18.5 Å². The van der Waals surface area contributed by atoms with Gasteiger partial charge in [0.2, 0.25) is 0 Å². The maximum atomic E-state index is 6.07. The Bertz CT molecular complexity index is 577. The standard InChI is InChI=1S/C15H22N4O/c1-4-13-14(16)15(19(2)18-13)17-9-8-11-6-5-7-12(10-11)20-3/h5-7,10,17H,4,8-9,16H2,1-3H3. The summed E-state index contributed by atoms with van der Waals surface area (Å²) in [5.41, 5.74) is 9.00. The van der Waals surface area contributed by atoms with E-state index in [0.717, 1.165) is 42.3 Å². The molecule has 0 bridgehead atoms. The average molecular weight is 274 g/mol. The number of hydrogen-bond donors (Lipinski definition) is 2. The lowest BCUT2D eigenvalue weighted by molar-refractivity contribution is 0.414. The first-order valence-corrected chi connectivity index (χ1v) is 6.83. The van der Waals surface area contributed by atoms with E-state index in [4.69, 9.17) is 10.5 Å². The Balaban J connectivity index is 1.97. The molecule has 0 aliphatic rings. The summed E-state index contributed by atoms with van der Waals surface area (Å²) in [5.74, 6) is 1.78. The third-order valence-electron chi connectivity index (χ3n) is 3.34. The Morgan fingerprint density at radius 3 is 2.85 bits per heavy atom. The molecule has 20 heavy (non-hydrogen) atoms.